The van der Waals surface area contributed by atoms with Gasteiger partial charge in [-0.05, 0) is 64.7 Å². The topological polar surface area (TPSA) is 105 Å². The van der Waals surface area contributed by atoms with Gasteiger partial charge in [0.2, 0.25) is 11.8 Å². The molecule has 0 aliphatic carbocycles. The largest absolute Gasteiger partial charge is 0.466 e. The first-order chi connectivity index (χ1) is 16.8. The molecule has 1 spiro atoms. The summed E-state index contributed by atoms with van der Waals surface area (Å²) in [5.41, 5.74) is -2.24. The second-order valence-corrected chi connectivity index (χ2v) is 12.9. The highest BCUT2D eigenvalue weighted by Gasteiger charge is 2.79. The van der Waals surface area contributed by atoms with E-state index in [0.29, 0.717) is 25.8 Å². The molecule has 8 heteroatoms. The number of carbonyl (C=O) groups excluding carboxylic acids is 3. The Kier molecular flexibility index (Phi) is 8.51. The van der Waals surface area contributed by atoms with E-state index in [9.17, 15) is 14.4 Å². The molecule has 3 fully saturated rings. The van der Waals surface area contributed by atoms with Crippen LogP contribution < -0.4 is 5.32 Å². The van der Waals surface area contributed by atoms with Gasteiger partial charge in [0.15, 0.2) is 0 Å². The van der Waals surface area contributed by atoms with Gasteiger partial charge >= 0.3 is 5.97 Å². The van der Waals surface area contributed by atoms with E-state index in [4.69, 9.17) is 14.6 Å². The minimum atomic E-state index is -1.02. The number of nitrogens with zero attached hydrogens (tertiary/aromatic N) is 1. The predicted octanol–water partition coefficient (Wildman–Crippen LogP) is 3.59. The fourth-order valence-corrected chi connectivity index (χ4v) is 7.37. The molecule has 3 heterocycles. The number of amides is 2. The zero-order valence-electron chi connectivity index (χ0n) is 23.4. The molecule has 0 radical (unpaired) electrons. The van der Waals surface area contributed by atoms with Gasteiger partial charge < -0.3 is 24.8 Å². The van der Waals surface area contributed by atoms with Crippen molar-refractivity contribution in [3.63, 3.8) is 0 Å². The number of unbranched alkanes of at least 4 members (excludes halogenated alkanes) is 3. The molecule has 3 rings (SSSR count). The standard InChI is InChI=1S/C28H48N2O6/c1-8-27-14-15-28(36-27)19(20(27)24(34)35-9-2)23(33)30(16-12-10-11-13-17-31)21(28)22(32)29-26(6,7)18-25(3,4)5/h19-21,31H,8-18H2,1-7H3,(H,29,32)/t19-,20-,21?,27+,28?/m0/s1. The van der Waals surface area contributed by atoms with Gasteiger partial charge in [-0.15, -0.1) is 0 Å². The summed E-state index contributed by atoms with van der Waals surface area (Å²) in [4.78, 5) is 42.9. The zero-order valence-corrected chi connectivity index (χ0v) is 23.4. The molecule has 36 heavy (non-hydrogen) atoms. The second kappa shape index (κ2) is 10.6. The quantitative estimate of drug-likeness (QED) is 0.308. The molecule has 0 aromatic rings. The van der Waals surface area contributed by atoms with Crippen molar-refractivity contribution in [3.05, 3.63) is 0 Å². The number of ether oxygens (including phenoxy) is 2. The lowest BCUT2D eigenvalue weighted by Gasteiger charge is -2.38. The third kappa shape index (κ3) is 5.31. The highest BCUT2D eigenvalue weighted by Crippen LogP contribution is 2.64. The van der Waals surface area contributed by atoms with Crippen LogP contribution in [0.25, 0.3) is 0 Å². The Balaban J connectivity index is 1.96. The molecule has 0 aromatic carbocycles. The maximum atomic E-state index is 14.0. The third-order valence-electron chi connectivity index (χ3n) is 8.21. The molecule has 0 aromatic heterocycles. The molecule has 2 unspecified atom stereocenters. The van der Waals surface area contributed by atoms with Crippen LogP contribution in [0, 0.1) is 17.3 Å². The van der Waals surface area contributed by atoms with Crippen LogP contribution in [0.4, 0.5) is 0 Å². The number of hydrogen-bond acceptors (Lipinski definition) is 6. The van der Waals surface area contributed by atoms with Crippen molar-refractivity contribution in [2.24, 2.45) is 17.3 Å². The van der Waals surface area contributed by atoms with E-state index in [0.717, 1.165) is 32.1 Å². The summed E-state index contributed by atoms with van der Waals surface area (Å²) in [6.45, 7) is 15.0. The monoisotopic (exact) mass is 508 g/mol. The minimum absolute atomic E-state index is 0.0130. The molecule has 2 bridgehead atoms. The number of aliphatic hydroxyl groups excluding tert-OH is 1. The zero-order chi connectivity index (χ0) is 26.9. The minimum Gasteiger partial charge on any atom is -0.466 e. The van der Waals surface area contributed by atoms with E-state index >= 15 is 0 Å². The van der Waals surface area contributed by atoms with Crippen LogP contribution >= 0.6 is 0 Å². The van der Waals surface area contributed by atoms with Crippen molar-refractivity contribution in [1.29, 1.82) is 0 Å². The Morgan fingerprint density at radius 1 is 1.11 bits per heavy atom. The van der Waals surface area contributed by atoms with E-state index in [1.807, 2.05) is 20.8 Å². The van der Waals surface area contributed by atoms with Crippen molar-refractivity contribution in [3.8, 4) is 0 Å². The van der Waals surface area contributed by atoms with Crippen LogP contribution in [0.2, 0.25) is 0 Å². The third-order valence-corrected chi connectivity index (χ3v) is 8.21. The summed E-state index contributed by atoms with van der Waals surface area (Å²) in [6.07, 6.45) is 5.74. The number of fused-ring (bicyclic) bond motifs is 1. The molecule has 8 nitrogen and oxygen atoms in total. The van der Waals surface area contributed by atoms with Crippen molar-refractivity contribution in [2.45, 2.75) is 123 Å². The van der Waals surface area contributed by atoms with Crippen molar-refractivity contribution < 1.29 is 29.0 Å². The molecule has 5 atom stereocenters. The summed E-state index contributed by atoms with van der Waals surface area (Å²) >= 11 is 0. The summed E-state index contributed by atoms with van der Waals surface area (Å²) in [6, 6.07) is -0.778. The molecule has 2 amide bonds. The first-order valence-electron chi connectivity index (χ1n) is 13.9. The number of likely N-dealkylation sites (tertiary alicyclic amines) is 1. The highest BCUT2D eigenvalue weighted by molar-refractivity contribution is 5.98. The lowest BCUT2D eigenvalue weighted by Crippen LogP contribution is -2.59. The molecule has 2 N–H and O–H groups in total. The van der Waals surface area contributed by atoms with Crippen LogP contribution in [0.1, 0.15) is 99.8 Å². The fourth-order valence-electron chi connectivity index (χ4n) is 7.37. The number of esters is 1. The normalized spacial score (nSPS) is 31.6. The molecular weight excluding hydrogens is 460 g/mol. The van der Waals surface area contributed by atoms with Crippen LogP contribution in [0.3, 0.4) is 0 Å². The first kappa shape index (κ1) is 28.9. The summed E-state index contributed by atoms with van der Waals surface area (Å²) in [5, 5.41) is 12.3. The number of aliphatic hydroxyl groups is 1. The van der Waals surface area contributed by atoms with E-state index in [1.165, 1.54) is 0 Å². The SMILES string of the molecule is CCOC(=O)[C@@H]1[C@H]2C(=O)N(CCCCCCO)C(C(=O)NC(C)(C)CC(C)(C)C)C23CC[C@@]1(CC)O3. The Morgan fingerprint density at radius 3 is 2.36 bits per heavy atom. The molecule has 206 valence electrons. The molecule has 0 saturated carbocycles. The Labute approximate surface area is 216 Å². The van der Waals surface area contributed by atoms with Gasteiger partial charge in [0, 0.05) is 18.7 Å². The van der Waals surface area contributed by atoms with Gasteiger partial charge in [-0.25, -0.2) is 0 Å². The van der Waals surface area contributed by atoms with E-state index in [1.54, 1.807) is 11.8 Å². The second-order valence-electron chi connectivity index (χ2n) is 12.9. The maximum Gasteiger partial charge on any atom is 0.312 e. The average molecular weight is 509 g/mol. The van der Waals surface area contributed by atoms with Crippen LogP contribution in [-0.4, -0.2) is 70.3 Å². The van der Waals surface area contributed by atoms with Crippen molar-refractivity contribution >= 4 is 17.8 Å². The smallest absolute Gasteiger partial charge is 0.312 e. The first-order valence-corrected chi connectivity index (χ1v) is 13.9. The maximum absolute atomic E-state index is 14.0. The molecule has 3 aliphatic heterocycles. The average Bonchev–Trinajstić information content (AvgIpc) is 3.35. The van der Waals surface area contributed by atoms with E-state index in [-0.39, 0.29) is 30.4 Å². The van der Waals surface area contributed by atoms with Crippen LogP contribution in [-0.2, 0) is 23.9 Å². The van der Waals surface area contributed by atoms with Crippen molar-refractivity contribution in [1.82, 2.24) is 10.2 Å². The van der Waals surface area contributed by atoms with Crippen LogP contribution in [0.5, 0.6) is 0 Å². The highest BCUT2D eigenvalue weighted by atomic mass is 16.6. The van der Waals surface area contributed by atoms with Crippen molar-refractivity contribution in [2.75, 3.05) is 19.8 Å². The predicted molar refractivity (Wildman–Crippen MR) is 137 cm³/mol. The summed E-state index contributed by atoms with van der Waals surface area (Å²) < 4.78 is 12.2. The fraction of sp³-hybridized carbons (Fsp3) is 0.893. The van der Waals surface area contributed by atoms with Gasteiger partial charge in [0.1, 0.15) is 17.6 Å². The van der Waals surface area contributed by atoms with Gasteiger partial charge in [-0.3, -0.25) is 14.4 Å². The van der Waals surface area contributed by atoms with Gasteiger partial charge in [0.25, 0.3) is 0 Å². The van der Waals surface area contributed by atoms with E-state index < -0.39 is 40.6 Å². The van der Waals surface area contributed by atoms with Crippen LogP contribution in [0.15, 0.2) is 0 Å². The molecule has 3 saturated heterocycles. The molecule has 3 aliphatic rings. The van der Waals surface area contributed by atoms with Gasteiger partial charge in [-0.2, -0.15) is 0 Å². The van der Waals surface area contributed by atoms with Gasteiger partial charge in [-0.1, -0.05) is 40.5 Å². The summed E-state index contributed by atoms with van der Waals surface area (Å²) in [5.74, 6) is -2.16. The summed E-state index contributed by atoms with van der Waals surface area (Å²) in [7, 11) is 0. The Hall–Kier alpha value is -1.67. The number of carbonyl (C=O) groups is 3. The number of rotatable bonds is 12. The Bertz CT molecular complexity index is 836. The van der Waals surface area contributed by atoms with E-state index in [2.05, 4.69) is 26.1 Å². The Morgan fingerprint density at radius 2 is 1.78 bits per heavy atom. The molecular formula is C28H48N2O6. The lowest BCUT2D eigenvalue weighted by molar-refractivity contribution is -0.160. The number of hydrogen-bond donors (Lipinski definition) is 2. The van der Waals surface area contributed by atoms with Gasteiger partial charge in [0.05, 0.1) is 18.1 Å². The lowest BCUT2D eigenvalue weighted by atomic mass is 9.65. The number of nitrogens with one attached hydrogen (secondary N) is 1.